The number of para-hydroxylation sites is 1. The van der Waals surface area contributed by atoms with Crippen LogP contribution in [-0.2, 0) is 10.8 Å². The SMILES string of the molecule is CC(C)(C)c1ccc(N2c3cc4cc5ccccc5cc4cc3B3c4cc5cc6ccccc6cc5cc4N(c4ccc(C(C)(C)C)cc4)c4cc(-c5nc(-c6cc(-c7ccccc7)cc(-c7ccccc7)c6)c6ccccc6n5)cc2c43)cc1. The Kier molecular flexibility index (Phi) is 11.5. The van der Waals surface area contributed by atoms with Crippen LogP contribution in [0.15, 0.2) is 261 Å². The van der Waals surface area contributed by atoms with E-state index in [1.807, 2.05) is 0 Å². The van der Waals surface area contributed by atoms with Crippen LogP contribution in [0.4, 0.5) is 34.1 Å². The first-order valence-electron chi connectivity index (χ1n) is 29.8. The molecule has 0 spiro atoms. The van der Waals surface area contributed by atoms with Gasteiger partial charge in [0.15, 0.2) is 5.82 Å². The number of hydrogen-bond donors (Lipinski definition) is 0. The van der Waals surface area contributed by atoms with Gasteiger partial charge in [0.2, 0.25) is 0 Å². The normalized spacial score (nSPS) is 13.0. The lowest BCUT2D eigenvalue weighted by Gasteiger charge is -2.44. The Hall–Kier alpha value is -10.1. The fourth-order valence-corrected chi connectivity index (χ4v) is 13.6. The number of benzene rings is 13. The highest BCUT2D eigenvalue weighted by molar-refractivity contribution is 7.00. The first-order valence-corrected chi connectivity index (χ1v) is 29.8. The molecule has 0 radical (unpaired) electrons. The Balaban J connectivity index is 1.02. The molecule has 0 atom stereocenters. The van der Waals surface area contributed by atoms with E-state index in [2.05, 4.69) is 312 Å². The van der Waals surface area contributed by atoms with Crippen molar-refractivity contribution in [2.45, 2.75) is 52.4 Å². The summed E-state index contributed by atoms with van der Waals surface area (Å²) in [5.74, 6) is 0.660. The highest BCUT2D eigenvalue weighted by atomic mass is 15.2. The van der Waals surface area contributed by atoms with E-state index in [-0.39, 0.29) is 17.5 Å². The van der Waals surface area contributed by atoms with Crippen molar-refractivity contribution in [2.24, 2.45) is 0 Å². The predicted octanol–water partition coefficient (Wildman–Crippen LogP) is 19.6. The second-order valence-electron chi connectivity index (χ2n) is 25.5. The van der Waals surface area contributed by atoms with Gasteiger partial charge in [0.1, 0.15) is 0 Å². The van der Waals surface area contributed by atoms with Crippen LogP contribution in [0.1, 0.15) is 52.7 Å². The standard InChI is InChI=1S/C80H61BN4/c1-79(2,3)64-29-33-66(34-30-64)84-72-46-60-39-54-25-15-13-23-52(54)37-58(60)44-69(72)81-70-45-59-38-53-24-14-16-26-55(53)40-61(59)47-73(70)85(67-35-31-65(32-36-67)80(4,5)6)75-49-63(48-74(84)76(75)81)78-82-71-28-18-17-27-68(71)77(83-78)62-42-56(50-19-9-7-10-20-50)41-57(43-62)51-21-11-8-12-22-51/h7-49H,1-6H3. The van der Waals surface area contributed by atoms with Crippen LogP contribution >= 0.6 is 0 Å². The van der Waals surface area contributed by atoms with Gasteiger partial charge >= 0.3 is 0 Å². The van der Waals surface area contributed by atoms with E-state index in [0.717, 1.165) is 84.1 Å². The molecule has 0 saturated carbocycles. The third-order valence-corrected chi connectivity index (χ3v) is 18.0. The largest absolute Gasteiger partial charge is 0.311 e. The van der Waals surface area contributed by atoms with Gasteiger partial charge < -0.3 is 9.80 Å². The molecule has 0 saturated heterocycles. The van der Waals surface area contributed by atoms with E-state index in [9.17, 15) is 0 Å². The minimum atomic E-state index is -0.142. The number of rotatable bonds is 6. The molecule has 13 aromatic carbocycles. The molecule has 4 nitrogen and oxygen atoms in total. The Morgan fingerprint density at radius 3 is 1.15 bits per heavy atom. The molecular weight excluding hydrogens is 1030 g/mol. The third-order valence-electron chi connectivity index (χ3n) is 18.0. The molecule has 2 aliphatic heterocycles. The van der Waals surface area contributed by atoms with Crippen LogP contribution < -0.4 is 26.2 Å². The van der Waals surface area contributed by atoms with Crippen molar-refractivity contribution in [3.63, 3.8) is 0 Å². The molecule has 14 aromatic rings. The summed E-state index contributed by atoms with van der Waals surface area (Å²) >= 11 is 0. The first-order chi connectivity index (χ1) is 41.3. The van der Waals surface area contributed by atoms with E-state index in [1.165, 1.54) is 70.6 Å². The number of nitrogens with zero attached hydrogens (tertiary/aromatic N) is 4. The monoisotopic (exact) mass is 1090 g/mol. The van der Waals surface area contributed by atoms with Gasteiger partial charge in [-0.1, -0.05) is 205 Å². The summed E-state index contributed by atoms with van der Waals surface area (Å²) in [7, 11) is 0. The van der Waals surface area contributed by atoms with Crippen molar-refractivity contribution in [2.75, 3.05) is 9.80 Å². The fourth-order valence-electron chi connectivity index (χ4n) is 13.6. The molecule has 3 heterocycles. The summed E-state index contributed by atoms with van der Waals surface area (Å²) in [4.78, 5) is 16.5. The zero-order valence-corrected chi connectivity index (χ0v) is 48.7. The van der Waals surface area contributed by atoms with Crippen LogP contribution in [0.5, 0.6) is 0 Å². The third kappa shape index (κ3) is 8.59. The Bertz CT molecular complexity index is 4750. The van der Waals surface area contributed by atoms with Gasteiger partial charge in [-0.2, -0.15) is 0 Å². The minimum Gasteiger partial charge on any atom is -0.311 e. The molecule has 0 bridgehead atoms. The molecule has 404 valence electrons. The molecule has 0 unspecified atom stereocenters. The average molecular weight is 1090 g/mol. The number of hydrogen-bond acceptors (Lipinski definition) is 4. The maximum atomic E-state index is 5.83. The van der Waals surface area contributed by atoms with Gasteiger partial charge in [0, 0.05) is 50.6 Å². The lowest BCUT2D eigenvalue weighted by Crippen LogP contribution is -2.61. The Morgan fingerprint density at radius 2 is 0.706 bits per heavy atom. The highest BCUT2D eigenvalue weighted by Gasteiger charge is 2.44. The van der Waals surface area contributed by atoms with E-state index >= 15 is 0 Å². The predicted molar refractivity (Wildman–Crippen MR) is 363 cm³/mol. The zero-order chi connectivity index (χ0) is 57.3. The van der Waals surface area contributed by atoms with Crippen LogP contribution in [-0.4, -0.2) is 16.7 Å². The van der Waals surface area contributed by atoms with Crippen LogP contribution in [0.2, 0.25) is 0 Å². The maximum absolute atomic E-state index is 5.83. The summed E-state index contributed by atoms with van der Waals surface area (Å²) in [5.41, 5.74) is 21.3. The highest BCUT2D eigenvalue weighted by Crippen LogP contribution is 2.49. The second kappa shape index (κ2) is 19.2. The smallest absolute Gasteiger partial charge is 0.252 e. The number of aromatic nitrogens is 2. The van der Waals surface area contributed by atoms with E-state index in [0.29, 0.717) is 5.82 Å². The fraction of sp³-hybridized carbons (Fsp3) is 0.100. The molecule has 5 heteroatoms. The Labute approximate surface area is 497 Å². The first kappa shape index (κ1) is 50.6. The van der Waals surface area contributed by atoms with Crippen LogP contribution in [0.3, 0.4) is 0 Å². The molecule has 16 rings (SSSR count). The summed E-state index contributed by atoms with van der Waals surface area (Å²) < 4.78 is 0. The molecule has 1 aromatic heterocycles. The molecule has 0 amide bonds. The van der Waals surface area contributed by atoms with Crippen molar-refractivity contribution in [3.8, 4) is 44.9 Å². The number of fused-ring (bicyclic) bond motifs is 9. The van der Waals surface area contributed by atoms with E-state index in [1.54, 1.807) is 0 Å². The van der Waals surface area contributed by atoms with Gasteiger partial charge in [-0.15, -0.1) is 0 Å². The summed E-state index contributed by atoms with van der Waals surface area (Å²) in [5, 5.41) is 10.8. The van der Waals surface area contributed by atoms with Crippen molar-refractivity contribution >= 4 is 111 Å². The van der Waals surface area contributed by atoms with E-state index in [4.69, 9.17) is 9.97 Å². The summed E-state index contributed by atoms with van der Waals surface area (Å²) in [6, 6.07) is 97.3. The topological polar surface area (TPSA) is 32.3 Å². The van der Waals surface area contributed by atoms with E-state index < -0.39 is 0 Å². The molecule has 0 aliphatic carbocycles. The molecule has 0 fully saturated rings. The van der Waals surface area contributed by atoms with Gasteiger partial charge in [-0.25, -0.2) is 9.97 Å². The van der Waals surface area contributed by atoms with Crippen LogP contribution in [0.25, 0.3) is 98.9 Å². The lowest BCUT2D eigenvalue weighted by atomic mass is 9.33. The van der Waals surface area contributed by atoms with Gasteiger partial charge in [0.05, 0.1) is 11.2 Å². The van der Waals surface area contributed by atoms with Crippen molar-refractivity contribution in [1.29, 1.82) is 0 Å². The zero-order valence-electron chi connectivity index (χ0n) is 48.7. The molecule has 2 aliphatic rings. The van der Waals surface area contributed by atoms with Crippen LogP contribution in [0, 0.1) is 0 Å². The van der Waals surface area contributed by atoms with Gasteiger partial charge in [-0.3, -0.25) is 0 Å². The Morgan fingerprint density at radius 1 is 0.306 bits per heavy atom. The molecule has 85 heavy (non-hydrogen) atoms. The van der Waals surface area contributed by atoms with Gasteiger partial charge in [-0.05, 0) is 201 Å². The quantitative estimate of drug-likeness (QED) is 0.123. The molecule has 0 N–H and O–H groups in total. The lowest BCUT2D eigenvalue weighted by molar-refractivity contribution is 0.590. The summed E-state index contributed by atoms with van der Waals surface area (Å²) in [6.45, 7) is 13.6. The maximum Gasteiger partial charge on any atom is 0.252 e. The second-order valence-corrected chi connectivity index (χ2v) is 25.5. The molecular formula is C80H61BN4. The summed E-state index contributed by atoms with van der Waals surface area (Å²) in [6.07, 6.45) is 0. The van der Waals surface area contributed by atoms with Crippen molar-refractivity contribution < 1.29 is 0 Å². The van der Waals surface area contributed by atoms with Crippen molar-refractivity contribution in [1.82, 2.24) is 9.97 Å². The number of anilines is 6. The average Bonchev–Trinajstić information content (AvgIpc) is 2.36. The van der Waals surface area contributed by atoms with Gasteiger partial charge in [0.25, 0.3) is 6.71 Å². The minimum absolute atomic E-state index is 0.0335. The van der Waals surface area contributed by atoms with Crippen molar-refractivity contribution in [3.05, 3.63) is 272 Å².